The van der Waals surface area contributed by atoms with Gasteiger partial charge in [0.25, 0.3) is 0 Å². The van der Waals surface area contributed by atoms with E-state index in [-0.39, 0.29) is 0 Å². The minimum Gasteiger partial charge on any atom is -0.425 e. The normalized spacial score (nSPS) is 10.8. The Hall–Kier alpha value is -1.20. The predicted molar refractivity (Wildman–Crippen MR) is 63.7 cm³/mol. The fourth-order valence-electron chi connectivity index (χ4n) is 1.40. The Labute approximate surface area is 98.7 Å². The van der Waals surface area contributed by atoms with E-state index in [1.807, 2.05) is 0 Å². The molecule has 0 unspecified atom stereocenters. The van der Waals surface area contributed by atoms with Gasteiger partial charge in [-0.05, 0) is 28.9 Å². The molecule has 0 bridgehead atoms. The van der Waals surface area contributed by atoms with Crippen molar-refractivity contribution in [3.05, 3.63) is 34.2 Å². The van der Waals surface area contributed by atoms with E-state index >= 15 is 0 Å². The number of nitrogens with one attached hydrogen (secondary N) is 1. The molecule has 1 N–H and O–H groups in total. The topological polar surface area (TPSA) is 51.0 Å². The van der Waals surface area contributed by atoms with Crippen LogP contribution in [0.4, 0.5) is 0 Å². The summed E-state index contributed by atoms with van der Waals surface area (Å²) < 4.78 is 5.55. The van der Waals surface area contributed by atoms with Crippen LogP contribution in [0.1, 0.15) is 24.3 Å². The molecule has 16 heavy (non-hydrogen) atoms. The largest absolute Gasteiger partial charge is 0.425 e. The summed E-state index contributed by atoms with van der Waals surface area (Å²) in [5.74, 6) is 1.41. The van der Waals surface area contributed by atoms with E-state index in [4.69, 9.17) is 4.42 Å². The lowest BCUT2D eigenvalue weighted by Gasteiger charge is -1.95. The van der Waals surface area contributed by atoms with E-state index in [0.717, 1.165) is 25.9 Å². The number of hydrogen-bond acceptors (Lipinski definition) is 5. The Balaban J connectivity index is 1.87. The highest BCUT2D eigenvalue weighted by molar-refractivity contribution is 7.07. The van der Waals surface area contributed by atoms with Crippen molar-refractivity contribution in [1.82, 2.24) is 15.5 Å². The van der Waals surface area contributed by atoms with Gasteiger partial charge in [-0.1, -0.05) is 6.92 Å². The monoisotopic (exact) mass is 237 g/mol. The second kappa shape index (κ2) is 5.77. The van der Waals surface area contributed by atoms with Crippen molar-refractivity contribution < 1.29 is 4.42 Å². The lowest BCUT2D eigenvalue weighted by Crippen LogP contribution is -2.16. The SMILES string of the molecule is CCNCCc1nnc(Cc2ccsc2)o1. The molecule has 0 saturated carbocycles. The molecule has 0 spiro atoms. The lowest BCUT2D eigenvalue weighted by atomic mass is 10.2. The summed E-state index contributed by atoms with van der Waals surface area (Å²) in [4.78, 5) is 0. The van der Waals surface area contributed by atoms with E-state index in [1.54, 1.807) is 11.3 Å². The van der Waals surface area contributed by atoms with Crippen LogP contribution in [-0.4, -0.2) is 23.3 Å². The van der Waals surface area contributed by atoms with Crippen LogP contribution in [0.25, 0.3) is 0 Å². The molecule has 4 nitrogen and oxygen atoms in total. The van der Waals surface area contributed by atoms with E-state index in [1.165, 1.54) is 5.56 Å². The molecule has 0 saturated heterocycles. The molecule has 2 aromatic heterocycles. The molecule has 0 aromatic carbocycles. The zero-order valence-corrected chi connectivity index (χ0v) is 10.1. The molecule has 2 aromatic rings. The standard InChI is InChI=1S/C11H15N3OS/c1-2-12-5-3-10-13-14-11(15-10)7-9-4-6-16-8-9/h4,6,8,12H,2-3,5,7H2,1H3. The molecule has 0 amide bonds. The summed E-state index contributed by atoms with van der Waals surface area (Å²) in [6.07, 6.45) is 1.53. The molecular formula is C11H15N3OS. The molecule has 0 atom stereocenters. The van der Waals surface area contributed by atoms with Crippen LogP contribution in [0.5, 0.6) is 0 Å². The Morgan fingerprint density at radius 1 is 1.38 bits per heavy atom. The molecule has 86 valence electrons. The van der Waals surface area contributed by atoms with Gasteiger partial charge in [0.05, 0.1) is 6.42 Å². The number of hydrogen-bond donors (Lipinski definition) is 1. The van der Waals surface area contributed by atoms with Gasteiger partial charge in [0, 0.05) is 13.0 Å². The van der Waals surface area contributed by atoms with Gasteiger partial charge in [0.1, 0.15) is 0 Å². The number of aromatic nitrogens is 2. The fourth-order valence-corrected chi connectivity index (χ4v) is 2.07. The summed E-state index contributed by atoms with van der Waals surface area (Å²) in [5.41, 5.74) is 1.23. The number of likely N-dealkylation sites (N-methyl/N-ethyl adjacent to an activating group) is 1. The zero-order chi connectivity index (χ0) is 11.2. The van der Waals surface area contributed by atoms with Crippen LogP contribution in [0.2, 0.25) is 0 Å². The Kier molecular flexibility index (Phi) is 4.07. The van der Waals surface area contributed by atoms with Gasteiger partial charge < -0.3 is 9.73 Å². The highest BCUT2D eigenvalue weighted by Crippen LogP contribution is 2.11. The first-order valence-electron chi connectivity index (χ1n) is 5.41. The van der Waals surface area contributed by atoms with Gasteiger partial charge in [-0.2, -0.15) is 11.3 Å². The lowest BCUT2D eigenvalue weighted by molar-refractivity contribution is 0.452. The number of thiophene rings is 1. The van der Waals surface area contributed by atoms with Gasteiger partial charge in [0.15, 0.2) is 0 Å². The van der Waals surface area contributed by atoms with Crippen molar-refractivity contribution in [2.45, 2.75) is 19.8 Å². The van der Waals surface area contributed by atoms with Crippen molar-refractivity contribution in [2.75, 3.05) is 13.1 Å². The summed E-state index contributed by atoms with van der Waals surface area (Å²) in [7, 11) is 0. The maximum absolute atomic E-state index is 5.55. The molecular weight excluding hydrogens is 222 g/mol. The molecule has 0 aliphatic heterocycles. The quantitative estimate of drug-likeness (QED) is 0.779. The van der Waals surface area contributed by atoms with Crippen molar-refractivity contribution in [1.29, 1.82) is 0 Å². The van der Waals surface area contributed by atoms with Crippen LogP contribution in [0.15, 0.2) is 21.2 Å². The van der Waals surface area contributed by atoms with E-state index in [2.05, 4.69) is 39.3 Å². The summed E-state index contributed by atoms with van der Waals surface area (Å²) in [6.45, 7) is 3.93. The van der Waals surface area contributed by atoms with Crippen LogP contribution in [0, 0.1) is 0 Å². The second-order valence-electron chi connectivity index (χ2n) is 3.50. The smallest absolute Gasteiger partial charge is 0.220 e. The van der Waals surface area contributed by atoms with Crippen molar-refractivity contribution >= 4 is 11.3 Å². The van der Waals surface area contributed by atoms with Crippen LogP contribution in [-0.2, 0) is 12.8 Å². The first kappa shape index (κ1) is 11.3. The van der Waals surface area contributed by atoms with Crippen LogP contribution in [0.3, 0.4) is 0 Å². The third-order valence-corrected chi connectivity index (χ3v) is 2.94. The second-order valence-corrected chi connectivity index (χ2v) is 4.28. The van der Waals surface area contributed by atoms with E-state index in [9.17, 15) is 0 Å². The predicted octanol–water partition coefficient (Wildman–Crippen LogP) is 1.87. The first-order chi connectivity index (χ1) is 7.88. The summed E-state index contributed by atoms with van der Waals surface area (Å²) in [6, 6.07) is 2.08. The van der Waals surface area contributed by atoms with E-state index in [0.29, 0.717) is 11.8 Å². The molecule has 0 radical (unpaired) electrons. The first-order valence-corrected chi connectivity index (χ1v) is 6.36. The van der Waals surface area contributed by atoms with Crippen molar-refractivity contribution in [3.8, 4) is 0 Å². The Bertz CT molecular complexity index is 411. The minimum atomic E-state index is 0.699. The minimum absolute atomic E-state index is 0.699. The third-order valence-electron chi connectivity index (χ3n) is 2.21. The Morgan fingerprint density at radius 2 is 2.25 bits per heavy atom. The molecule has 0 aliphatic rings. The fraction of sp³-hybridized carbons (Fsp3) is 0.455. The average Bonchev–Trinajstić information content (AvgIpc) is 2.91. The van der Waals surface area contributed by atoms with Gasteiger partial charge in [0.2, 0.25) is 11.8 Å². The highest BCUT2D eigenvalue weighted by Gasteiger charge is 2.06. The summed E-state index contributed by atoms with van der Waals surface area (Å²) in [5, 5.41) is 15.4. The van der Waals surface area contributed by atoms with E-state index < -0.39 is 0 Å². The Morgan fingerprint density at radius 3 is 3.00 bits per heavy atom. The highest BCUT2D eigenvalue weighted by atomic mass is 32.1. The van der Waals surface area contributed by atoms with Crippen molar-refractivity contribution in [3.63, 3.8) is 0 Å². The molecule has 0 aliphatic carbocycles. The van der Waals surface area contributed by atoms with Crippen molar-refractivity contribution in [2.24, 2.45) is 0 Å². The molecule has 0 fully saturated rings. The van der Waals surface area contributed by atoms with Gasteiger partial charge >= 0.3 is 0 Å². The van der Waals surface area contributed by atoms with Gasteiger partial charge in [-0.3, -0.25) is 0 Å². The van der Waals surface area contributed by atoms with Gasteiger partial charge in [-0.15, -0.1) is 10.2 Å². The molecule has 5 heteroatoms. The summed E-state index contributed by atoms with van der Waals surface area (Å²) >= 11 is 1.68. The average molecular weight is 237 g/mol. The maximum Gasteiger partial charge on any atom is 0.220 e. The van der Waals surface area contributed by atoms with Crippen LogP contribution < -0.4 is 5.32 Å². The van der Waals surface area contributed by atoms with Crippen LogP contribution >= 0.6 is 11.3 Å². The number of rotatable bonds is 6. The molecule has 2 heterocycles. The third kappa shape index (κ3) is 3.15. The maximum atomic E-state index is 5.55. The molecule has 2 rings (SSSR count). The zero-order valence-electron chi connectivity index (χ0n) is 9.27. The van der Waals surface area contributed by atoms with Gasteiger partial charge in [-0.25, -0.2) is 0 Å². The number of nitrogens with zero attached hydrogens (tertiary/aromatic N) is 2.